The van der Waals surface area contributed by atoms with Crippen LogP contribution in [-0.2, 0) is 0 Å². The molecule has 2 aromatic rings. The number of nitrogens with one attached hydrogen (secondary N) is 1. The van der Waals surface area contributed by atoms with Crippen molar-refractivity contribution < 1.29 is 4.74 Å². The van der Waals surface area contributed by atoms with Gasteiger partial charge in [0, 0.05) is 17.1 Å². The molecular weight excluding hydrogens is 282 g/mol. The van der Waals surface area contributed by atoms with Crippen LogP contribution in [-0.4, -0.2) is 7.11 Å². The molecule has 0 saturated heterocycles. The van der Waals surface area contributed by atoms with Crippen molar-refractivity contribution in [2.24, 2.45) is 0 Å². The molecule has 0 spiro atoms. The van der Waals surface area contributed by atoms with Crippen molar-refractivity contribution in [3.63, 3.8) is 0 Å². The third kappa shape index (κ3) is 4.23. The largest absolute Gasteiger partial charge is 0.497 e. The van der Waals surface area contributed by atoms with E-state index in [0.29, 0.717) is 6.04 Å². The molecule has 0 aliphatic rings. The van der Waals surface area contributed by atoms with E-state index in [1.54, 1.807) is 7.11 Å². The molecule has 21 heavy (non-hydrogen) atoms. The first-order valence-corrected chi connectivity index (χ1v) is 7.67. The number of ether oxygens (including phenoxy) is 1. The van der Waals surface area contributed by atoms with Gasteiger partial charge in [0.15, 0.2) is 0 Å². The van der Waals surface area contributed by atoms with Crippen molar-refractivity contribution in [1.29, 1.82) is 0 Å². The quantitative estimate of drug-likeness (QED) is 0.796. The van der Waals surface area contributed by atoms with E-state index in [4.69, 9.17) is 16.3 Å². The molecule has 0 heterocycles. The second kappa shape index (κ2) is 7.48. The van der Waals surface area contributed by atoms with Crippen molar-refractivity contribution in [1.82, 2.24) is 5.32 Å². The van der Waals surface area contributed by atoms with E-state index in [-0.39, 0.29) is 6.04 Å². The lowest BCUT2D eigenvalue weighted by molar-refractivity contribution is 0.413. The average molecular weight is 304 g/mol. The van der Waals surface area contributed by atoms with Gasteiger partial charge in [-0.3, -0.25) is 0 Å². The third-order valence-corrected chi connectivity index (χ3v) is 4.00. The number of benzene rings is 2. The van der Waals surface area contributed by atoms with Crippen molar-refractivity contribution in [3.05, 3.63) is 64.7 Å². The van der Waals surface area contributed by atoms with Crippen molar-refractivity contribution in [2.45, 2.75) is 32.4 Å². The fourth-order valence-electron chi connectivity index (χ4n) is 2.44. The van der Waals surface area contributed by atoms with Crippen molar-refractivity contribution in [2.75, 3.05) is 7.11 Å². The molecule has 1 N–H and O–H groups in total. The van der Waals surface area contributed by atoms with Gasteiger partial charge in [0.1, 0.15) is 5.75 Å². The molecule has 0 saturated carbocycles. The molecule has 0 bridgehead atoms. The Morgan fingerprint density at radius 2 is 1.57 bits per heavy atom. The van der Waals surface area contributed by atoms with E-state index in [2.05, 4.69) is 43.4 Å². The van der Waals surface area contributed by atoms with Gasteiger partial charge in [-0.15, -0.1) is 0 Å². The fraction of sp³-hybridized carbons (Fsp3) is 0.333. The van der Waals surface area contributed by atoms with Crippen molar-refractivity contribution >= 4 is 11.6 Å². The number of hydrogen-bond acceptors (Lipinski definition) is 2. The molecule has 1 unspecified atom stereocenters. The summed E-state index contributed by atoms with van der Waals surface area (Å²) in [5.41, 5.74) is 2.52. The lowest BCUT2D eigenvalue weighted by atomic mass is 10.0. The number of halogens is 1. The fourth-order valence-corrected chi connectivity index (χ4v) is 2.56. The molecule has 2 atom stereocenters. The molecule has 0 radical (unpaired) electrons. The first-order valence-electron chi connectivity index (χ1n) is 7.29. The summed E-state index contributed by atoms with van der Waals surface area (Å²) in [4.78, 5) is 0. The first-order chi connectivity index (χ1) is 10.1. The smallest absolute Gasteiger partial charge is 0.118 e. The summed E-state index contributed by atoms with van der Waals surface area (Å²) in [6.45, 7) is 4.37. The Balaban J connectivity index is 2.08. The van der Waals surface area contributed by atoms with Gasteiger partial charge >= 0.3 is 0 Å². The maximum absolute atomic E-state index is 5.96. The van der Waals surface area contributed by atoms with Crippen LogP contribution in [0.4, 0.5) is 0 Å². The third-order valence-electron chi connectivity index (χ3n) is 3.75. The zero-order valence-corrected chi connectivity index (χ0v) is 13.5. The summed E-state index contributed by atoms with van der Waals surface area (Å²) in [6, 6.07) is 16.9. The van der Waals surface area contributed by atoms with E-state index < -0.39 is 0 Å². The van der Waals surface area contributed by atoms with Gasteiger partial charge in [-0.1, -0.05) is 42.8 Å². The Hall–Kier alpha value is -1.51. The molecule has 0 fully saturated rings. The highest BCUT2D eigenvalue weighted by Crippen LogP contribution is 2.24. The number of rotatable bonds is 6. The summed E-state index contributed by atoms with van der Waals surface area (Å²) in [6.07, 6.45) is 1.03. The van der Waals surface area contributed by atoms with Gasteiger partial charge in [0.25, 0.3) is 0 Å². The molecule has 0 aromatic heterocycles. The molecule has 3 heteroatoms. The van der Waals surface area contributed by atoms with Crippen LogP contribution in [0.25, 0.3) is 0 Å². The minimum atomic E-state index is 0.275. The summed E-state index contributed by atoms with van der Waals surface area (Å²) in [5, 5.41) is 4.45. The number of methoxy groups -OCH3 is 1. The Morgan fingerprint density at radius 1 is 1.00 bits per heavy atom. The molecule has 2 rings (SSSR count). The van der Waals surface area contributed by atoms with E-state index in [1.807, 2.05) is 24.3 Å². The molecule has 2 nitrogen and oxygen atoms in total. The summed E-state index contributed by atoms with van der Waals surface area (Å²) in [5.74, 6) is 0.885. The zero-order valence-electron chi connectivity index (χ0n) is 12.8. The molecular formula is C18H22ClNO. The zero-order chi connectivity index (χ0) is 15.2. The van der Waals surface area contributed by atoms with Gasteiger partial charge < -0.3 is 10.1 Å². The van der Waals surface area contributed by atoms with E-state index in [0.717, 1.165) is 17.2 Å². The number of hydrogen-bond donors (Lipinski definition) is 1. The standard InChI is InChI=1S/C18H22ClNO/c1-4-18(15-5-9-16(19)10-6-15)20-13(2)14-7-11-17(21-3)12-8-14/h5-13,18,20H,4H2,1-3H3/t13-,18?/m0/s1. The summed E-state index contributed by atoms with van der Waals surface area (Å²) in [7, 11) is 1.68. The van der Waals surface area contributed by atoms with Crippen LogP contribution in [0.3, 0.4) is 0 Å². The minimum absolute atomic E-state index is 0.275. The van der Waals surface area contributed by atoms with Gasteiger partial charge in [-0.2, -0.15) is 0 Å². The van der Waals surface area contributed by atoms with Crippen LogP contribution in [0.2, 0.25) is 5.02 Å². The molecule has 0 aliphatic heterocycles. The van der Waals surface area contributed by atoms with Crippen LogP contribution < -0.4 is 10.1 Å². The van der Waals surface area contributed by atoms with E-state index in [1.165, 1.54) is 11.1 Å². The average Bonchev–Trinajstić information content (AvgIpc) is 2.53. The summed E-state index contributed by atoms with van der Waals surface area (Å²) >= 11 is 5.96. The maximum atomic E-state index is 5.96. The molecule has 0 amide bonds. The highest BCUT2D eigenvalue weighted by Gasteiger charge is 2.13. The second-order valence-corrected chi connectivity index (χ2v) is 5.61. The predicted molar refractivity (Wildman–Crippen MR) is 89.0 cm³/mol. The topological polar surface area (TPSA) is 21.3 Å². The van der Waals surface area contributed by atoms with Crippen LogP contribution in [0.15, 0.2) is 48.5 Å². The molecule has 112 valence electrons. The van der Waals surface area contributed by atoms with Crippen LogP contribution in [0.5, 0.6) is 5.75 Å². The van der Waals surface area contributed by atoms with E-state index in [9.17, 15) is 0 Å². The second-order valence-electron chi connectivity index (χ2n) is 5.17. The summed E-state index contributed by atoms with van der Waals surface area (Å²) < 4.78 is 5.20. The van der Waals surface area contributed by atoms with Crippen LogP contribution >= 0.6 is 11.6 Å². The maximum Gasteiger partial charge on any atom is 0.118 e. The first kappa shape index (κ1) is 15.9. The lowest BCUT2D eigenvalue weighted by Gasteiger charge is -2.23. The monoisotopic (exact) mass is 303 g/mol. The van der Waals surface area contributed by atoms with Gasteiger partial charge in [0.05, 0.1) is 7.11 Å². The predicted octanol–water partition coefficient (Wildman–Crippen LogP) is 5.15. The normalized spacial score (nSPS) is 13.7. The Labute approximate surface area is 132 Å². The highest BCUT2D eigenvalue weighted by atomic mass is 35.5. The Morgan fingerprint density at radius 3 is 2.10 bits per heavy atom. The van der Waals surface area contributed by atoms with Crippen molar-refractivity contribution in [3.8, 4) is 5.75 Å². The van der Waals surface area contributed by atoms with Gasteiger partial charge in [-0.05, 0) is 48.7 Å². The Kier molecular flexibility index (Phi) is 5.66. The van der Waals surface area contributed by atoms with Gasteiger partial charge in [0.2, 0.25) is 0 Å². The van der Waals surface area contributed by atoms with E-state index >= 15 is 0 Å². The molecule has 0 aliphatic carbocycles. The Bertz CT molecular complexity index is 550. The highest BCUT2D eigenvalue weighted by molar-refractivity contribution is 6.30. The lowest BCUT2D eigenvalue weighted by Crippen LogP contribution is -2.24. The minimum Gasteiger partial charge on any atom is -0.497 e. The van der Waals surface area contributed by atoms with Crippen LogP contribution in [0.1, 0.15) is 43.5 Å². The molecule has 2 aromatic carbocycles. The SMILES string of the molecule is CCC(N[C@@H](C)c1ccc(OC)cc1)c1ccc(Cl)cc1. The van der Waals surface area contributed by atoms with Crippen LogP contribution in [0, 0.1) is 0 Å². The van der Waals surface area contributed by atoms with Gasteiger partial charge in [-0.25, -0.2) is 0 Å².